The van der Waals surface area contributed by atoms with E-state index in [9.17, 15) is 13.6 Å². The van der Waals surface area contributed by atoms with E-state index in [1.807, 2.05) is 13.0 Å². The van der Waals surface area contributed by atoms with Gasteiger partial charge in [0.1, 0.15) is 0 Å². The van der Waals surface area contributed by atoms with E-state index in [0.29, 0.717) is 18.8 Å². The number of amides is 1. The van der Waals surface area contributed by atoms with Gasteiger partial charge in [-0.25, -0.2) is 8.78 Å². The van der Waals surface area contributed by atoms with Gasteiger partial charge < -0.3 is 9.64 Å². The van der Waals surface area contributed by atoms with Gasteiger partial charge in [0.05, 0.1) is 25.3 Å². The molecule has 0 spiro atoms. The lowest BCUT2D eigenvalue weighted by Gasteiger charge is -2.45. The molecule has 0 saturated carbocycles. The number of aryl methyl sites for hydroxylation is 1. The second-order valence-corrected chi connectivity index (χ2v) is 5.91. The van der Waals surface area contributed by atoms with Crippen molar-refractivity contribution in [3.05, 3.63) is 46.5 Å². The summed E-state index contributed by atoms with van der Waals surface area (Å²) < 4.78 is 32.8. The highest BCUT2D eigenvalue weighted by Crippen LogP contribution is 2.36. The van der Waals surface area contributed by atoms with Crippen LogP contribution < -0.4 is 0 Å². The Balaban J connectivity index is 2.00. The average molecular weight is 307 g/mol. The van der Waals surface area contributed by atoms with E-state index in [2.05, 4.69) is 0 Å². The highest BCUT2D eigenvalue weighted by molar-refractivity contribution is 5.94. The molecule has 5 heteroatoms. The minimum absolute atomic E-state index is 0.00312. The number of allylic oxidation sites excluding steroid dienone is 1. The fourth-order valence-corrected chi connectivity index (χ4v) is 3.33. The molecule has 0 bridgehead atoms. The molecule has 0 aromatic heterocycles. The van der Waals surface area contributed by atoms with Gasteiger partial charge in [-0.1, -0.05) is 12.1 Å². The van der Waals surface area contributed by atoms with Gasteiger partial charge >= 0.3 is 0 Å². The first-order valence-corrected chi connectivity index (χ1v) is 7.54. The van der Waals surface area contributed by atoms with E-state index in [1.165, 1.54) is 13.0 Å². The Morgan fingerprint density at radius 3 is 2.77 bits per heavy atom. The van der Waals surface area contributed by atoms with Gasteiger partial charge in [0.15, 0.2) is 11.6 Å². The summed E-state index contributed by atoms with van der Waals surface area (Å²) >= 11 is 0. The second-order valence-electron chi connectivity index (χ2n) is 5.91. The Labute approximate surface area is 128 Å². The third kappa shape index (κ3) is 2.43. The lowest BCUT2D eigenvalue weighted by molar-refractivity contribution is -0.145. The van der Waals surface area contributed by atoms with Gasteiger partial charge in [0.25, 0.3) is 0 Å². The van der Waals surface area contributed by atoms with Crippen LogP contribution in [0, 0.1) is 18.6 Å². The lowest BCUT2D eigenvalue weighted by Crippen LogP contribution is -2.53. The zero-order chi connectivity index (χ0) is 15.9. The van der Waals surface area contributed by atoms with Crippen LogP contribution in [0.25, 0.3) is 0 Å². The topological polar surface area (TPSA) is 29.5 Å². The predicted molar refractivity (Wildman–Crippen MR) is 78.3 cm³/mol. The fourth-order valence-electron chi connectivity index (χ4n) is 3.33. The molecule has 0 radical (unpaired) electrons. The molecular formula is C17H19F2NO2. The van der Waals surface area contributed by atoms with Gasteiger partial charge in [0.2, 0.25) is 5.91 Å². The highest BCUT2D eigenvalue weighted by Gasteiger charge is 2.40. The van der Waals surface area contributed by atoms with Crippen LogP contribution >= 0.6 is 0 Å². The normalized spacial score (nSPS) is 27.2. The number of ether oxygens (including phenoxy) is 1. The molecule has 1 aromatic carbocycles. The Hall–Kier alpha value is -1.75. The summed E-state index contributed by atoms with van der Waals surface area (Å²) in [6.45, 7) is 4.19. The molecule has 1 aromatic rings. The number of carbonyl (C=O) groups is 1. The molecule has 22 heavy (non-hydrogen) atoms. The van der Waals surface area contributed by atoms with Gasteiger partial charge in [0, 0.05) is 5.57 Å². The van der Waals surface area contributed by atoms with Crippen LogP contribution in [0.5, 0.6) is 0 Å². The van der Waals surface area contributed by atoms with Crippen LogP contribution in [-0.4, -0.2) is 30.1 Å². The van der Waals surface area contributed by atoms with Crippen molar-refractivity contribution in [2.24, 2.45) is 0 Å². The number of carbonyl (C=O) groups excluding carboxylic acids is 1. The molecule has 2 saturated heterocycles. The lowest BCUT2D eigenvalue weighted by atomic mass is 9.91. The molecule has 3 nitrogen and oxygen atoms in total. The van der Waals surface area contributed by atoms with Gasteiger partial charge in [-0.3, -0.25) is 4.79 Å². The van der Waals surface area contributed by atoms with E-state index >= 15 is 0 Å². The number of halogens is 2. The monoisotopic (exact) mass is 307 g/mol. The third-order valence-electron chi connectivity index (χ3n) is 4.54. The summed E-state index contributed by atoms with van der Waals surface area (Å²) in [5.41, 5.74) is 1.61. The molecule has 118 valence electrons. The first-order chi connectivity index (χ1) is 10.5. The average Bonchev–Trinajstić information content (AvgIpc) is 2.52. The Kier molecular flexibility index (Phi) is 4.00. The van der Waals surface area contributed by atoms with Crippen molar-refractivity contribution in [3.63, 3.8) is 0 Å². The summed E-state index contributed by atoms with van der Waals surface area (Å²) in [4.78, 5) is 14.4. The summed E-state index contributed by atoms with van der Waals surface area (Å²) in [5, 5.41) is 0. The van der Waals surface area contributed by atoms with Gasteiger partial charge in [-0.05, 0) is 43.9 Å². The summed E-state index contributed by atoms with van der Waals surface area (Å²) in [6.07, 6.45) is 3.41. The summed E-state index contributed by atoms with van der Waals surface area (Å²) in [7, 11) is 0. The zero-order valence-electron chi connectivity index (χ0n) is 12.7. The maximum atomic E-state index is 13.7. The van der Waals surface area contributed by atoms with Crippen LogP contribution in [0.3, 0.4) is 0 Å². The van der Waals surface area contributed by atoms with Crippen molar-refractivity contribution < 1.29 is 18.3 Å². The van der Waals surface area contributed by atoms with Crippen LogP contribution in [0.4, 0.5) is 8.78 Å². The molecule has 2 aliphatic rings. The summed E-state index contributed by atoms with van der Waals surface area (Å²) in [6, 6.07) is 2.42. The second kappa shape index (κ2) is 5.80. The number of rotatable bonds is 1. The predicted octanol–water partition coefficient (Wildman–Crippen LogP) is 3.28. The highest BCUT2D eigenvalue weighted by atomic mass is 19.2. The van der Waals surface area contributed by atoms with Gasteiger partial charge in [-0.2, -0.15) is 0 Å². The molecule has 2 heterocycles. The van der Waals surface area contributed by atoms with Crippen molar-refractivity contribution in [2.75, 3.05) is 13.2 Å². The molecule has 3 rings (SSSR count). The molecule has 0 N–H and O–H groups in total. The minimum Gasteiger partial charge on any atom is -0.377 e. The van der Waals surface area contributed by atoms with Gasteiger partial charge in [-0.15, -0.1) is 0 Å². The standard InChI is InChI=1S/C17H19F2NO2/c1-3-11-4-5-13-8-22-9-15(20(13)17(11)21)12-6-10(2)16(19)14(18)7-12/h3,6-7,13,15H,4-5,8-9H2,1-2H3/b11-3+. The summed E-state index contributed by atoms with van der Waals surface area (Å²) in [5.74, 6) is -1.74. The van der Waals surface area contributed by atoms with Crippen molar-refractivity contribution in [1.29, 1.82) is 0 Å². The quantitative estimate of drug-likeness (QED) is 0.745. The Morgan fingerprint density at radius 2 is 2.09 bits per heavy atom. The number of piperidine rings is 1. The first kappa shape index (κ1) is 15.2. The molecule has 0 aliphatic carbocycles. The van der Waals surface area contributed by atoms with Crippen molar-refractivity contribution >= 4 is 5.91 Å². The molecule has 1 amide bonds. The maximum absolute atomic E-state index is 13.7. The zero-order valence-corrected chi connectivity index (χ0v) is 12.7. The van der Waals surface area contributed by atoms with E-state index in [4.69, 9.17) is 4.74 Å². The van der Waals surface area contributed by atoms with Crippen LogP contribution in [0.15, 0.2) is 23.8 Å². The molecular weight excluding hydrogens is 288 g/mol. The third-order valence-corrected chi connectivity index (χ3v) is 4.54. The smallest absolute Gasteiger partial charge is 0.250 e. The molecule has 2 fully saturated rings. The van der Waals surface area contributed by atoms with Crippen LogP contribution in [0.2, 0.25) is 0 Å². The Morgan fingerprint density at radius 1 is 1.32 bits per heavy atom. The van der Waals surface area contributed by atoms with E-state index in [0.717, 1.165) is 18.4 Å². The van der Waals surface area contributed by atoms with Crippen molar-refractivity contribution in [3.8, 4) is 0 Å². The molecule has 2 aliphatic heterocycles. The fraction of sp³-hybridized carbons (Fsp3) is 0.471. The Bertz CT molecular complexity index is 619. The largest absolute Gasteiger partial charge is 0.377 e. The number of benzene rings is 1. The van der Waals surface area contributed by atoms with Crippen molar-refractivity contribution in [1.82, 2.24) is 4.90 Å². The molecule has 2 atom stereocenters. The number of nitrogens with zero attached hydrogens (tertiary/aromatic N) is 1. The first-order valence-electron chi connectivity index (χ1n) is 7.54. The number of fused-ring (bicyclic) bond motifs is 1. The van der Waals surface area contributed by atoms with E-state index in [1.54, 1.807) is 11.0 Å². The molecule has 2 unspecified atom stereocenters. The number of hydrogen-bond donors (Lipinski definition) is 0. The maximum Gasteiger partial charge on any atom is 0.250 e. The van der Waals surface area contributed by atoms with E-state index < -0.39 is 11.6 Å². The number of hydrogen-bond acceptors (Lipinski definition) is 2. The van der Waals surface area contributed by atoms with E-state index in [-0.39, 0.29) is 23.6 Å². The minimum atomic E-state index is -0.882. The van der Waals surface area contributed by atoms with Crippen molar-refractivity contribution in [2.45, 2.75) is 38.8 Å². The van der Waals surface area contributed by atoms with Crippen LogP contribution in [0.1, 0.15) is 36.9 Å². The SMILES string of the molecule is C/C=C1\CCC2COCC(c3cc(C)c(F)c(F)c3)N2C1=O. The van der Waals surface area contributed by atoms with Crippen LogP contribution in [-0.2, 0) is 9.53 Å². The number of morpholine rings is 1.